The van der Waals surface area contributed by atoms with E-state index in [1.165, 1.54) is 31.7 Å². The van der Waals surface area contributed by atoms with E-state index in [2.05, 4.69) is 55.6 Å². The summed E-state index contributed by atoms with van der Waals surface area (Å²) in [7, 11) is -1.33. The van der Waals surface area contributed by atoms with Crippen LogP contribution in [0.15, 0.2) is 42.5 Å². The van der Waals surface area contributed by atoms with Crippen molar-refractivity contribution >= 4 is 13.3 Å². The van der Waals surface area contributed by atoms with Crippen LogP contribution in [0, 0.1) is 0 Å². The van der Waals surface area contributed by atoms with E-state index in [1.807, 2.05) is 0 Å². The fourth-order valence-electron chi connectivity index (χ4n) is 3.37. The first-order valence-electron chi connectivity index (χ1n) is 7.48. The van der Waals surface area contributed by atoms with Crippen LogP contribution in [0.25, 0.3) is 0 Å². The van der Waals surface area contributed by atoms with Crippen molar-refractivity contribution in [3.63, 3.8) is 0 Å². The molecule has 0 unspecified atom stereocenters. The predicted octanol–water partition coefficient (Wildman–Crippen LogP) is 3.98. The molecule has 0 saturated heterocycles. The fraction of sp³-hybridized carbons (Fsp3) is 0.389. The molecule has 0 fully saturated rings. The minimum Gasteiger partial charge on any atom is -0.207 e. The molecule has 1 aliphatic carbocycles. The van der Waals surface area contributed by atoms with Gasteiger partial charge in [-0.1, -0.05) is 80.3 Å². The Morgan fingerprint density at radius 1 is 1.05 bits per heavy atom. The number of aryl methyl sites for hydroxylation is 2. The Morgan fingerprint density at radius 2 is 1.75 bits per heavy atom. The van der Waals surface area contributed by atoms with Crippen molar-refractivity contribution < 1.29 is 21.7 Å². The molecular formula is C18H23SiTi-. The summed E-state index contributed by atoms with van der Waals surface area (Å²) in [4.78, 5) is 0. The van der Waals surface area contributed by atoms with Gasteiger partial charge in [-0.05, 0) is 0 Å². The normalized spacial score (nSPS) is 14.5. The van der Waals surface area contributed by atoms with E-state index in [0.717, 1.165) is 0 Å². The minimum absolute atomic E-state index is 0. The summed E-state index contributed by atoms with van der Waals surface area (Å²) in [5.41, 5.74) is 4.87. The fourth-order valence-corrected chi connectivity index (χ4v) is 5.90. The third-order valence-electron chi connectivity index (χ3n) is 4.48. The van der Waals surface area contributed by atoms with Gasteiger partial charge in [0.15, 0.2) is 0 Å². The first-order valence-corrected chi connectivity index (χ1v) is 10.7. The van der Waals surface area contributed by atoms with E-state index < -0.39 is 8.07 Å². The monoisotopic (exact) mass is 315 g/mol. The third kappa shape index (κ3) is 3.39. The van der Waals surface area contributed by atoms with Gasteiger partial charge in [-0.25, -0.2) is 6.07 Å². The molecule has 0 bridgehead atoms. The van der Waals surface area contributed by atoms with Gasteiger partial charge in [-0.2, -0.15) is 22.8 Å². The molecule has 0 atom stereocenters. The summed E-state index contributed by atoms with van der Waals surface area (Å²) in [6.45, 7) is 4.99. The Bertz CT molecular complexity index is 531. The van der Waals surface area contributed by atoms with Crippen molar-refractivity contribution in [3.8, 4) is 0 Å². The summed E-state index contributed by atoms with van der Waals surface area (Å²) in [6, 6.07) is 17.4. The van der Waals surface area contributed by atoms with Crippen LogP contribution in [-0.4, -0.2) is 8.07 Å². The second-order valence-corrected chi connectivity index (χ2v) is 11.2. The topological polar surface area (TPSA) is 0 Å². The Kier molecular flexibility index (Phi) is 5.17. The zero-order valence-corrected chi connectivity index (χ0v) is 15.1. The molecule has 1 aliphatic rings. The maximum absolute atomic E-state index is 2.49. The van der Waals surface area contributed by atoms with Gasteiger partial charge in [0.2, 0.25) is 0 Å². The molecular weight excluding hydrogens is 292 g/mol. The molecule has 2 aromatic carbocycles. The SMILES string of the molecule is C[Si](C)(Cc1cc2c([cH-]1)CCCC2)c1ccccc1.[Ti]. The van der Waals surface area contributed by atoms with Crippen molar-refractivity contribution in [3.05, 3.63) is 59.2 Å². The van der Waals surface area contributed by atoms with Crippen molar-refractivity contribution in [2.24, 2.45) is 0 Å². The quantitative estimate of drug-likeness (QED) is 0.594. The van der Waals surface area contributed by atoms with Gasteiger partial charge in [-0.3, -0.25) is 0 Å². The van der Waals surface area contributed by atoms with Gasteiger partial charge in [0, 0.05) is 21.7 Å². The predicted molar refractivity (Wildman–Crippen MR) is 85.9 cm³/mol. The Balaban J connectivity index is 0.00000147. The zero-order valence-electron chi connectivity index (χ0n) is 12.6. The molecule has 20 heavy (non-hydrogen) atoms. The number of benzene rings is 1. The van der Waals surface area contributed by atoms with Crippen molar-refractivity contribution in [2.75, 3.05) is 0 Å². The number of fused-ring (bicyclic) bond motifs is 1. The van der Waals surface area contributed by atoms with E-state index in [-0.39, 0.29) is 21.7 Å². The second kappa shape index (κ2) is 6.51. The van der Waals surface area contributed by atoms with Crippen LogP contribution in [0.1, 0.15) is 29.5 Å². The van der Waals surface area contributed by atoms with Crippen LogP contribution >= 0.6 is 0 Å². The average Bonchev–Trinajstić information content (AvgIpc) is 2.81. The van der Waals surface area contributed by atoms with Gasteiger partial charge in [0.25, 0.3) is 0 Å². The number of rotatable bonds is 3. The summed E-state index contributed by atoms with van der Waals surface area (Å²) < 4.78 is 0. The molecule has 0 spiro atoms. The Hall–Kier alpha value is -0.499. The van der Waals surface area contributed by atoms with Crippen LogP contribution < -0.4 is 5.19 Å². The van der Waals surface area contributed by atoms with Crippen LogP contribution in [0.4, 0.5) is 0 Å². The van der Waals surface area contributed by atoms with E-state index in [0.29, 0.717) is 0 Å². The van der Waals surface area contributed by atoms with Gasteiger partial charge >= 0.3 is 0 Å². The maximum Gasteiger partial charge on any atom is 0.0828 e. The maximum atomic E-state index is 2.49. The molecule has 0 radical (unpaired) electrons. The molecule has 0 N–H and O–H groups in total. The van der Waals surface area contributed by atoms with Crippen LogP contribution in [0.2, 0.25) is 13.1 Å². The van der Waals surface area contributed by atoms with E-state index in [4.69, 9.17) is 0 Å². The molecule has 104 valence electrons. The molecule has 3 rings (SSSR count). The van der Waals surface area contributed by atoms with Crippen LogP contribution in [0.3, 0.4) is 0 Å². The van der Waals surface area contributed by atoms with Crippen molar-refractivity contribution in [1.29, 1.82) is 0 Å². The Labute approximate surface area is 138 Å². The average molecular weight is 315 g/mol. The summed E-state index contributed by atoms with van der Waals surface area (Å²) in [6.07, 6.45) is 5.39. The van der Waals surface area contributed by atoms with Crippen LogP contribution in [0.5, 0.6) is 0 Å². The summed E-state index contributed by atoms with van der Waals surface area (Å²) in [5.74, 6) is 0. The standard InChI is InChI=1S/C18H23Si.Ti/c1-19(2,18-10-4-3-5-11-18)14-15-12-16-8-6-7-9-17(16)13-15;/h3-5,10-13H,6-9,14H2,1-2H3;/q-1;. The van der Waals surface area contributed by atoms with E-state index in [1.54, 1.807) is 21.9 Å². The van der Waals surface area contributed by atoms with Gasteiger partial charge in [0.05, 0.1) is 8.07 Å². The van der Waals surface area contributed by atoms with E-state index >= 15 is 0 Å². The largest absolute Gasteiger partial charge is 0.207 e. The number of hydrogen-bond acceptors (Lipinski definition) is 0. The van der Waals surface area contributed by atoms with Crippen molar-refractivity contribution in [2.45, 2.75) is 44.8 Å². The second-order valence-electron chi connectivity index (χ2n) is 6.55. The summed E-state index contributed by atoms with van der Waals surface area (Å²) >= 11 is 0. The minimum atomic E-state index is -1.33. The molecule has 0 heterocycles. The van der Waals surface area contributed by atoms with Gasteiger partial charge < -0.3 is 0 Å². The number of hydrogen-bond donors (Lipinski definition) is 0. The zero-order chi connectivity index (χ0) is 13.3. The summed E-state index contributed by atoms with van der Waals surface area (Å²) in [5, 5.41) is 1.58. The molecule has 0 aromatic heterocycles. The Morgan fingerprint density at radius 3 is 2.45 bits per heavy atom. The smallest absolute Gasteiger partial charge is 0.0828 e. The molecule has 2 aromatic rings. The van der Waals surface area contributed by atoms with Gasteiger partial charge in [-0.15, -0.1) is 0 Å². The van der Waals surface area contributed by atoms with Crippen LogP contribution in [-0.2, 0) is 40.6 Å². The third-order valence-corrected chi connectivity index (χ3v) is 7.66. The van der Waals surface area contributed by atoms with Gasteiger partial charge in [0.1, 0.15) is 0 Å². The molecule has 0 saturated carbocycles. The molecule has 0 nitrogen and oxygen atoms in total. The van der Waals surface area contributed by atoms with Crippen molar-refractivity contribution in [1.82, 2.24) is 0 Å². The molecule has 0 aliphatic heterocycles. The molecule has 0 amide bonds. The molecule has 2 heteroatoms. The van der Waals surface area contributed by atoms with E-state index in [9.17, 15) is 0 Å². The first-order chi connectivity index (χ1) is 9.15. The first kappa shape index (κ1) is 15.9.